The minimum absolute atomic E-state index is 0.00754. The van der Waals surface area contributed by atoms with E-state index in [0.717, 1.165) is 11.1 Å². The molecule has 270 valence electrons. The average Bonchev–Trinajstić information content (AvgIpc) is 3.31. The number of aliphatic hydroxyl groups is 2. The van der Waals surface area contributed by atoms with Crippen LogP contribution in [0, 0.1) is 34.5 Å². The van der Waals surface area contributed by atoms with Crippen LogP contribution in [0.1, 0.15) is 96.1 Å². The Morgan fingerprint density at radius 2 is 1.67 bits per heavy atom. The summed E-state index contributed by atoms with van der Waals surface area (Å²) >= 11 is 0. The van der Waals surface area contributed by atoms with Crippen molar-refractivity contribution in [2.75, 3.05) is 19.8 Å². The Morgan fingerprint density at radius 1 is 1.02 bits per heavy atom. The number of alkyl halides is 5. The zero-order chi connectivity index (χ0) is 35.8. The van der Waals surface area contributed by atoms with Crippen molar-refractivity contribution >= 4 is 5.97 Å². The van der Waals surface area contributed by atoms with E-state index in [4.69, 9.17) is 19.3 Å². The molecular formula is C37H45F5O7. The van der Waals surface area contributed by atoms with Crippen molar-refractivity contribution in [2.24, 2.45) is 22.7 Å². The van der Waals surface area contributed by atoms with Gasteiger partial charge >= 0.3 is 18.1 Å². The predicted octanol–water partition coefficient (Wildman–Crippen LogP) is 6.75. The summed E-state index contributed by atoms with van der Waals surface area (Å²) in [5, 5.41) is 32.9. The molecule has 7 atom stereocenters. The number of fused-ring (bicyclic) bond motifs is 4. The quantitative estimate of drug-likeness (QED) is 0.178. The lowest BCUT2D eigenvalue weighted by Gasteiger charge is -2.59. The molecule has 6 rings (SSSR count). The summed E-state index contributed by atoms with van der Waals surface area (Å²) in [5.74, 6) is -3.45. The van der Waals surface area contributed by atoms with Gasteiger partial charge in [0.25, 0.3) is 0 Å². The fraction of sp³-hybridized carbons (Fsp3) is 0.703. The Morgan fingerprint density at radius 3 is 2.29 bits per heavy atom. The number of carboxylic acid groups (broad SMARTS) is 1. The molecule has 5 aliphatic rings. The van der Waals surface area contributed by atoms with Gasteiger partial charge in [-0.05, 0) is 80.6 Å². The highest BCUT2D eigenvalue weighted by atomic mass is 19.4. The Kier molecular flexibility index (Phi) is 8.88. The molecule has 12 heteroatoms. The van der Waals surface area contributed by atoms with E-state index in [9.17, 15) is 28.2 Å². The van der Waals surface area contributed by atoms with Crippen LogP contribution in [0.4, 0.5) is 22.0 Å². The first-order valence-corrected chi connectivity index (χ1v) is 17.0. The minimum Gasteiger partial charge on any atom is -0.479 e. The van der Waals surface area contributed by atoms with Crippen molar-refractivity contribution in [2.45, 2.75) is 120 Å². The van der Waals surface area contributed by atoms with E-state index in [1.54, 1.807) is 24.3 Å². The maximum absolute atomic E-state index is 15.4. The summed E-state index contributed by atoms with van der Waals surface area (Å²) in [4.78, 5) is 11.0. The van der Waals surface area contributed by atoms with E-state index in [-0.39, 0.29) is 37.7 Å². The first kappa shape index (κ1) is 36.2. The molecule has 4 fully saturated rings. The smallest absolute Gasteiger partial charge is 0.456 e. The molecular weight excluding hydrogens is 651 g/mol. The average molecular weight is 697 g/mol. The first-order chi connectivity index (χ1) is 22.7. The first-order valence-electron chi connectivity index (χ1n) is 17.0. The molecule has 1 heterocycles. The number of rotatable bonds is 5. The van der Waals surface area contributed by atoms with Crippen LogP contribution in [-0.4, -0.2) is 76.3 Å². The lowest BCUT2D eigenvalue weighted by molar-refractivity contribution is -0.362. The summed E-state index contributed by atoms with van der Waals surface area (Å²) in [7, 11) is 0. The Labute approximate surface area is 283 Å². The van der Waals surface area contributed by atoms with Gasteiger partial charge in [0.05, 0.1) is 18.8 Å². The van der Waals surface area contributed by atoms with Gasteiger partial charge < -0.3 is 29.5 Å². The molecule has 1 aromatic rings. The highest BCUT2D eigenvalue weighted by Gasteiger charge is 2.79. The highest BCUT2D eigenvalue weighted by Crippen LogP contribution is 2.71. The molecule has 1 aliphatic heterocycles. The number of hydrogen-bond donors (Lipinski definition) is 3. The molecule has 0 amide bonds. The largest absolute Gasteiger partial charge is 0.479 e. The van der Waals surface area contributed by atoms with Gasteiger partial charge in [0.2, 0.25) is 0 Å². The second-order valence-corrected chi connectivity index (χ2v) is 15.9. The number of hydrogen-bond acceptors (Lipinski definition) is 6. The number of allylic oxidation sites excluding steroid dienone is 1. The zero-order valence-electron chi connectivity index (χ0n) is 28.3. The maximum Gasteiger partial charge on any atom is 0.456 e. The van der Waals surface area contributed by atoms with Gasteiger partial charge in [0, 0.05) is 35.2 Å². The van der Waals surface area contributed by atoms with E-state index < -0.39 is 70.8 Å². The van der Waals surface area contributed by atoms with E-state index in [1.807, 2.05) is 13.8 Å². The number of aliphatic carboxylic acids is 1. The Balaban J connectivity index is 1.39. The summed E-state index contributed by atoms with van der Waals surface area (Å²) in [6.07, 6.45) is -6.07. The van der Waals surface area contributed by atoms with Gasteiger partial charge in [-0.1, -0.05) is 50.3 Å². The molecule has 0 radical (unpaired) electrons. The SMILES string of the molecule is CC(OCC#Cc1ccc([C@H]2C[C@@]3(C)[C@@H](CC[C@@]3(O)C(F)(F)C(F)(F)F)[C@@H]3CC[C@@]4(O)CC5(CCC4=C32)OCC(C)(C)CO5)cc1)C(=O)O. The van der Waals surface area contributed by atoms with Crippen LogP contribution >= 0.6 is 0 Å². The van der Waals surface area contributed by atoms with Crippen molar-refractivity contribution in [3.8, 4) is 11.8 Å². The molecule has 49 heavy (non-hydrogen) atoms. The molecule has 1 spiro atoms. The Hall–Kier alpha value is -2.56. The molecule has 1 aromatic carbocycles. The number of carboxylic acids is 1. The van der Waals surface area contributed by atoms with Crippen LogP contribution in [0.2, 0.25) is 0 Å². The number of carbonyl (C=O) groups is 1. The van der Waals surface area contributed by atoms with Crippen LogP contribution in [0.5, 0.6) is 0 Å². The monoisotopic (exact) mass is 696 g/mol. The van der Waals surface area contributed by atoms with Crippen molar-refractivity contribution in [3.05, 3.63) is 46.5 Å². The van der Waals surface area contributed by atoms with Gasteiger partial charge in [-0.3, -0.25) is 0 Å². The van der Waals surface area contributed by atoms with E-state index in [2.05, 4.69) is 11.8 Å². The molecule has 7 nitrogen and oxygen atoms in total. The third-order valence-electron chi connectivity index (χ3n) is 12.2. The number of halogens is 5. The second-order valence-electron chi connectivity index (χ2n) is 15.9. The lowest BCUT2D eigenvalue weighted by atomic mass is 9.49. The third kappa shape index (κ3) is 5.91. The molecule has 0 aromatic heterocycles. The molecule has 3 N–H and O–H groups in total. The van der Waals surface area contributed by atoms with E-state index in [1.165, 1.54) is 13.8 Å². The predicted molar refractivity (Wildman–Crippen MR) is 167 cm³/mol. The third-order valence-corrected chi connectivity index (χ3v) is 12.2. The van der Waals surface area contributed by atoms with Crippen molar-refractivity contribution < 1.29 is 56.3 Å². The summed E-state index contributed by atoms with van der Waals surface area (Å²) in [6.45, 7) is 7.66. The second kappa shape index (κ2) is 12.0. The van der Waals surface area contributed by atoms with Crippen molar-refractivity contribution in [3.63, 3.8) is 0 Å². The fourth-order valence-corrected chi connectivity index (χ4v) is 9.48. The van der Waals surface area contributed by atoms with Gasteiger partial charge in [-0.25, -0.2) is 4.79 Å². The lowest BCUT2D eigenvalue weighted by Crippen LogP contribution is -2.65. The summed E-state index contributed by atoms with van der Waals surface area (Å²) < 4.78 is 90.2. The van der Waals surface area contributed by atoms with Gasteiger partial charge in [-0.2, -0.15) is 22.0 Å². The van der Waals surface area contributed by atoms with Gasteiger partial charge in [0.15, 0.2) is 11.9 Å². The number of benzene rings is 1. The van der Waals surface area contributed by atoms with E-state index in [0.29, 0.717) is 43.6 Å². The topological polar surface area (TPSA) is 105 Å². The number of ether oxygens (including phenoxy) is 3. The zero-order valence-corrected chi connectivity index (χ0v) is 28.3. The highest BCUT2D eigenvalue weighted by molar-refractivity contribution is 5.71. The van der Waals surface area contributed by atoms with Crippen LogP contribution < -0.4 is 0 Å². The van der Waals surface area contributed by atoms with E-state index >= 15 is 8.78 Å². The molecule has 4 aliphatic carbocycles. The molecule has 0 bridgehead atoms. The standard InChI is InChI=1S/C37H45F5O7/c1-22(30(43)44)47-17-5-6-23-7-9-24(10-8-23)26-18-32(4)27(13-16-35(32,46)36(38,39)37(40,41)42)25-11-14-33(45)19-34(15-12-28(33)29(25)26)48-20-31(2,3)21-49-34/h7-10,22,25-27,45-46H,11-21H2,1-4H3,(H,43,44)/t22?,25-,26+,27-,32-,33+,35-/m0/s1. The van der Waals surface area contributed by atoms with Crippen LogP contribution in [-0.2, 0) is 19.0 Å². The maximum atomic E-state index is 15.4. The minimum atomic E-state index is -5.93. The van der Waals surface area contributed by atoms with Crippen molar-refractivity contribution in [1.82, 2.24) is 0 Å². The molecule has 3 saturated carbocycles. The van der Waals surface area contributed by atoms with Crippen LogP contribution in [0.3, 0.4) is 0 Å². The van der Waals surface area contributed by atoms with Gasteiger partial charge in [-0.15, -0.1) is 0 Å². The summed E-state index contributed by atoms with van der Waals surface area (Å²) in [6, 6.07) is 6.93. The fourth-order valence-electron chi connectivity index (χ4n) is 9.48. The normalized spacial score (nSPS) is 35.9. The van der Waals surface area contributed by atoms with Gasteiger partial charge in [0.1, 0.15) is 12.2 Å². The molecule has 1 saturated heterocycles. The van der Waals surface area contributed by atoms with Crippen LogP contribution in [0.15, 0.2) is 35.4 Å². The molecule has 1 unspecified atom stereocenters. The van der Waals surface area contributed by atoms with Crippen LogP contribution in [0.25, 0.3) is 0 Å². The Bertz CT molecular complexity index is 1550. The summed E-state index contributed by atoms with van der Waals surface area (Å²) in [5.41, 5.74) is -3.69. The van der Waals surface area contributed by atoms with Crippen molar-refractivity contribution in [1.29, 1.82) is 0 Å².